The van der Waals surface area contributed by atoms with E-state index in [1.54, 1.807) is 0 Å². The predicted molar refractivity (Wildman–Crippen MR) is 235 cm³/mol. The van der Waals surface area contributed by atoms with Gasteiger partial charge in [0.25, 0.3) is 0 Å². The smallest absolute Gasteiger partial charge is 0.0992 e. The zero-order chi connectivity index (χ0) is 37.8. The molecule has 0 fully saturated rings. The van der Waals surface area contributed by atoms with Gasteiger partial charge in [0, 0.05) is 33.5 Å². The quantitative estimate of drug-likeness (QED) is 0.115. The molecule has 0 aromatic heterocycles. The van der Waals surface area contributed by atoms with Crippen molar-refractivity contribution in [3.63, 3.8) is 0 Å². The van der Waals surface area contributed by atoms with Crippen molar-refractivity contribution in [2.45, 2.75) is 39.3 Å². The molecule has 0 bridgehead atoms. The summed E-state index contributed by atoms with van der Waals surface area (Å²) in [6.07, 6.45) is 0. The first-order valence-corrected chi connectivity index (χ1v) is 25.5. The van der Waals surface area contributed by atoms with Crippen molar-refractivity contribution in [2.24, 2.45) is 0 Å². The Morgan fingerprint density at radius 1 is 0.407 bits per heavy atom. The van der Waals surface area contributed by atoms with Gasteiger partial charge in [0.2, 0.25) is 0 Å². The molecule has 4 nitrogen and oxygen atoms in total. The molecule has 0 saturated carbocycles. The largest absolute Gasteiger partial charge is 0.310 e. The van der Waals surface area contributed by atoms with Crippen molar-refractivity contribution in [3.05, 3.63) is 157 Å². The Bertz CT molecular complexity index is 2570. The molecule has 262 valence electrons. The zero-order valence-electron chi connectivity index (χ0n) is 31.6. The summed E-state index contributed by atoms with van der Waals surface area (Å²) in [5.41, 5.74) is 7.33. The van der Waals surface area contributed by atoms with Gasteiger partial charge in [-0.3, -0.25) is 0 Å². The molecular weight excluding hydrogens is 689 g/mol. The van der Waals surface area contributed by atoms with Gasteiger partial charge in [0.1, 0.15) is 0 Å². The monoisotopic (exact) mass is 730 g/mol. The number of rotatable bonds is 8. The first-order chi connectivity index (χ1) is 25.9. The van der Waals surface area contributed by atoms with Crippen molar-refractivity contribution in [1.29, 1.82) is 10.5 Å². The minimum Gasteiger partial charge on any atom is -0.310 e. The summed E-state index contributed by atoms with van der Waals surface area (Å²) >= 11 is 0. The van der Waals surface area contributed by atoms with E-state index in [1.807, 2.05) is 36.4 Å². The highest BCUT2D eigenvalue weighted by atomic mass is 28.3. The Morgan fingerprint density at radius 3 is 1.13 bits per heavy atom. The van der Waals surface area contributed by atoms with Crippen LogP contribution in [0.3, 0.4) is 0 Å². The molecule has 6 heteroatoms. The van der Waals surface area contributed by atoms with E-state index < -0.39 is 16.1 Å². The van der Waals surface area contributed by atoms with E-state index >= 15 is 0 Å². The van der Waals surface area contributed by atoms with Crippen LogP contribution >= 0.6 is 0 Å². The third kappa shape index (κ3) is 6.20. The molecule has 0 aliphatic heterocycles. The lowest BCUT2D eigenvalue weighted by Gasteiger charge is -2.30. The summed E-state index contributed by atoms with van der Waals surface area (Å²) in [5, 5.41) is 29.6. The molecular formula is C48H42N4Si2. The fraction of sp³-hybridized carbons (Fsp3) is 0.125. The lowest BCUT2D eigenvalue weighted by molar-refractivity contribution is 1.29. The summed E-state index contributed by atoms with van der Waals surface area (Å²) in [6.45, 7) is 14.2. The highest BCUT2D eigenvalue weighted by molar-refractivity contribution is 6.89. The van der Waals surface area contributed by atoms with Crippen LogP contribution in [0.5, 0.6) is 0 Å². The van der Waals surface area contributed by atoms with Crippen molar-refractivity contribution in [3.8, 4) is 12.1 Å². The minimum absolute atomic E-state index is 0.622. The first-order valence-electron chi connectivity index (χ1n) is 18.5. The lowest BCUT2D eigenvalue weighted by Crippen LogP contribution is -2.37. The number of anilines is 6. The molecule has 0 N–H and O–H groups in total. The van der Waals surface area contributed by atoms with E-state index in [0.29, 0.717) is 11.1 Å². The molecule has 8 rings (SSSR count). The normalized spacial score (nSPS) is 11.9. The van der Waals surface area contributed by atoms with E-state index in [4.69, 9.17) is 0 Å². The SMILES string of the molecule is C[Si](C)(C)c1ccc(N(c2cccc(C#N)c2)c2ccc3ccc4c(N(c5ccc([Si](C)(C)C)cc5)c5cccc(C#N)c5)ccc5ccc2c3c54)cc1. The molecule has 0 atom stereocenters. The maximum Gasteiger partial charge on any atom is 0.0992 e. The second-order valence-electron chi connectivity index (χ2n) is 16.2. The third-order valence-electron chi connectivity index (χ3n) is 10.6. The molecule has 0 unspecified atom stereocenters. The van der Waals surface area contributed by atoms with Crippen LogP contribution in [0.1, 0.15) is 11.1 Å². The van der Waals surface area contributed by atoms with Crippen molar-refractivity contribution < 1.29 is 0 Å². The Balaban J connectivity index is 1.38. The van der Waals surface area contributed by atoms with Gasteiger partial charge in [-0.1, -0.05) is 122 Å². The number of benzene rings is 8. The summed E-state index contributed by atoms with van der Waals surface area (Å²) in [6, 6.07) is 56.3. The van der Waals surface area contributed by atoms with Gasteiger partial charge >= 0.3 is 0 Å². The highest BCUT2D eigenvalue weighted by Crippen LogP contribution is 2.47. The van der Waals surface area contributed by atoms with Crippen molar-refractivity contribution in [1.82, 2.24) is 0 Å². The Labute approximate surface area is 320 Å². The van der Waals surface area contributed by atoms with Crippen LogP contribution in [0.2, 0.25) is 39.3 Å². The van der Waals surface area contributed by atoms with Crippen molar-refractivity contribution >= 4 is 93.0 Å². The fourth-order valence-corrected chi connectivity index (χ4v) is 10.00. The maximum absolute atomic E-state index is 9.90. The predicted octanol–water partition coefficient (Wildman–Crippen LogP) is 12.4. The number of hydrogen-bond acceptors (Lipinski definition) is 4. The van der Waals surface area contributed by atoms with Crippen molar-refractivity contribution in [2.75, 3.05) is 9.80 Å². The van der Waals surface area contributed by atoms with Crippen LogP contribution in [-0.4, -0.2) is 16.1 Å². The van der Waals surface area contributed by atoms with Crippen LogP contribution in [-0.2, 0) is 0 Å². The number of nitrogens with zero attached hydrogens (tertiary/aromatic N) is 4. The average molecular weight is 731 g/mol. The molecule has 8 aromatic carbocycles. The molecule has 0 amide bonds. The van der Waals surface area contributed by atoms with E-state index in [9.17, 15) is 10.5 Å². The first kappa shape index (κ1) is 34.9. The minimum atomic E-state index is -1.51. The maximum atomic E-state index is 9.90. The Kier molecular flexibility index (Phi) is 8.62. The summed E-state index contributed by atoms with van der Waals surface area (Å²) < 4.78 is 0. The van der Waals surface area contributed by atoms with E-state index in [1.165, 1.54) is 31.9 Å². The fourth-order valence-electron chi connectivity index (χ4n) is 7.66. The van der Waals surface area contributed by atoms with Gasteiger partial charge in [-0.25, -0.2) is 0 Å². The summed E-state index contributed by atoms with van der Waals surface area (Å²) in [5.74, 6) is 0. The number of hydrogen-bond donors (Lipinski definition) is 0. The molecule has 0 saturated heterocycles. The van der Waals surface area contributed by atoms with E-state index in [2.05, 4.69) is 170 Å². The zero-order valence-corrected chi connectivity index (χ0v) is 33.6. The molecule has 0 aliphatic rings. The standard InChI is InChI=1S/C48H42N4Si2/c1-53(2,3)41-21-17-37(18-22-41)51(39-11-7-9-33(29-39)31-49)45-27-15-35-14-26-44-46(28-16-36-13-25-43(45)47(35)48(36)44)52(40-12-8-10-34(30-40)32-50)38-19-23-42(24-20-38)54(4,5)6/h7-30H,1-6H3. The van der Waals surface area contributed by atoms with Gasteiger partial charge in [-0.05, 0) is 94.3 Å². The Hall–Kier alpha value is -6.19. The second kappa shape index (κ2) is 13.3. The van der Waals surface area contributed by atoms with Crippen LogP contribution in [0.25, 0.3) is 32.3 Å². The summed E-state index contributed by atoms with van der Waals surface area (Å²) in [4.78, 5) is 4.59. The van der Waals surface area contributed by atoms with Gasteiger partial charge in [-0.15, -0.1) is 0 Å². The molecule has 0 radical (unpaired) electrons. The lowest BCUT2D eigenvalue weighted by atomic mass is 9.91. The average Bonchev–Trinajstić information content (AvgIpc) is 3.18. The topological polar surface area (TPSA) is 54.1 Å². The van der Waals surface area contributed by atoms with Crippen LogP contribution in [0.4, 0.5) is 34.1 Å². The summed E-state index contributed by atoms with van der Waals surface area (Å²) in [7, 11) is -3.03. The third-order valence-corrected chi connectivity index (χ3v) is 14.7. The van der Waals surface area contributed by atoms with Gasteiger partial charge in [-0.2, -0.15) is 10.5 Å². The van der Waals surface area contributed by atoms with E-state index in [0.717, 1.165) is 44.9 Å². The van der Waals surface area contributed by atoms with Crippen LogP contribution in [0, 0.1) is 22.7 Å². The number of nitriles is 2. The molecule has 0 aliphatic carbocycles. The highest BCUT2D eigenvalue weighted by Gasteiger charge is 2.24. The molecule has 0 heterocycles. The van der Waals surface area contributed by atoms with Gasteiger partial charge in [0.05, 0.1) is 50.8 Å². The van der Waals surface area contributed by atoms with Gasteiger partial charge in [0.15, 0.2) is 0 Å². The van der Waals surface area contributed by atoms with Crippen LogP contribution < -0.4 is 20.2 Å². The van der Waals surface area contributed by atoms with E-state index in [-0.39, 0.29) is 0 Å². The van der Waals surface area contributed by atoms with Crippen LogP contribution in [0.15, 0.2) is 146 Å². The van der Waals surface area contributed by atoms with Gasteiger partial charge < -0.3 is 9.80 Å². The molecule has 54 heavy (non-hydrogen) atoms. The molecule has 0 spiro atoms. The second-order valence-corrected chi connectivity index (χ2v) is 26.3. The Morgan fingerprint density at radius 2 is 0.778 bits per heavy atom. The molecule has 8 aromatic rings.